The molecule has 30 heavy (non-hydrogen) atoms. The topological polar surface area (TPSA) is 91.4 Å². The number of aliphatic hydroxyl groups excluding tert-OH is 2. The van der Waals surface area contributed by atoms with Gasteiger partial charge in [-0.15, -0.1) is 11.8 Å². The Hall–Kier alpha value is -1.93. The summed E-state index contributed by atoms with van der Waals surface area (Å²) < 4.78 is 0. The Morgan fingerprint density at radius 1 is 1.17 bits per heavy atom. The summed E-state index contributed by atoms with van der Waals surface area (Å²) in [5, 5.41) is 21.8. The van der Waals surface area contributed by atoms with Gasteiger partial charge in [0.15, 0.2) is 0 Å². The van der Waals surface area contributed by atoms with Gasteiger partial charge in [-0.2, -0.15) is 0 Å². The van der Waals surface area contributed by atoms with Gasteiger partial charge in [-0.25, -0.2) is 0 Å². The molecule has 1 aromatic heterocycles. The van der Waals surface area contributed by atoms with Crippen molar-refractivity contribution in [2.45, 2.75) is 13.0 Å². The monoisotopic (exact) mass is 447 g/mol. The average molecular weight is 448 g/mol. The lowest BCUT2D eigenvalue weighted by atomic mass is 10.1. The lowest BCUT2D eigenvalue weighted by Gasteiger charge is -2.16. The fraction of sp³-hybridized carbons (Fsp3) is 0.261. The van der Waals surface area contributed by atoms with E-state index in [-0.39, 0.29) is 12.6 Å². The van der Waals surface area contributed by atoms with E-state index in [2.05, 4.69) is 47.2 Å². The third-order valence-electron chi connectivity index (χ3n) is 4.08. The van der Waals surface area contributed by atoms with Crippen LogP contribution >= 0.6 is 23.4 Å². The van der Waals surface area contributed by atoms with Crippen molar-refractivity contribution >= 4 is 40.3 Å². The highest BCUT2D eigenvalue weighted by Crippen LogP contribution is 2.22. The van der Waals surface area contributed by atoms with Crippen molar-refractivity contribution in [2.24, 2.45) is 5.73 Å². The minimum Gasteiger partial charge on any atom is -0.400 e. The predicted octanol–water partition coefficient (Wildman–Crippen LogP) is 4.45. The highest BCUT2D eigenvalue weighted by molar-refractivity contribution is 8.03. The van der Waals surface area contributed by atoms with E-state index < -0.39 is 0 Å². The maximum Gasteiger partial charge on any atom is 0.0702 e. The van der Waals surface area contributed by atoms with E-state index in [9.17, 15) is 5.11 Å². The normalized spacial score (nSPS) is 11.8. The third-order valence-corrected chi connectivity index (χ3v) is 5.22. The summed E-state index contributed by atoms with van der Waals surface area (Å²) in [7, 11) is 2.50. The summed E-state index contributed by atoms with van der Waals surface area (Å²) in [6.07, 6.45) is 3.97. The van der Waals surface area contributed by atoms with Gasteiger partial charge < -0.3 is 15.9 Å². The van der Waals surface area contributed by atoms with Crippen LogP contribution in [-0.4, -0.2) is 41.8 Å². The first-order valence-corrected chi connectivity index (χ1v) is 10.8. The van der Waals surface area contributed by atoms with Gasteiger partial charge in [-0.05, 0) is 66.4 Å². The molecule has 0 aliphatic carbocycles. The highest BCUT2D eigenvalue weighted by atomic mass is 35.5. The number of halogens is 1. The fourth-order valence-electron chi connectivity index (χ4n) is 2.70. The van der Waals surface area contributed by atoms with Crippen molar-refractivity contribution in [1.82, 2.24) is 10.3 Å². The van der Waals surface area contributed by atoms with Crippen molar-refractivity contribution in [1.29, 1.82) is 0 Å². The molecule has 0 aliphatic rings. The number of thioether (sulfide) groups is 1. The summed E-state index contributed by atoms with van der Waals surface area (Å²) in [4.78, 5) is 5.55. The Bertz CT molecular complexity index is 904. The lowest BCUT2D eigenvalue weighted by Crippen LogP contribution is -2.23. The van der Waals surface area contributed by atoms with E-state index in [0.717, 1.165) is 29.1 Å². The van der Waals surface area contributed by atoms with Crippen LogP contribution in [0.2, 0.25) is 5.02 Å². The summed E-state index contributed by atoms with van der Waals surface area (Å²) in [6, 6.07) is 17.7. The Labute approximate surface area is 188 Å². The second kappa shape index (κ2) is 15.0. The molecule has 0 spiro atoms. The molecule has 1 heterocycles. The van der Waals surface area contributed by atoms with Crippen molar-refractivity contribution in [2.75, 3.05) is 26.6 Å². The number of aromatic nitrogens is 1. The zero-order chi connectivity index (χ0) is 22.4. The Balaban J connectivity index is 0.00000106. The van der Waals surface area contributed by atoms with Gasteiger partial charge >= 0.3 is 0 Å². The first-order valence-electron chi connectivity index (χ1n) is 9.44. The van der Waals surface area contributed by atoms with E-state index in [1.165, 1.54) is 12.0 Å². The lowest BCUT2D eigenvalue weighted by molar-refractivity contribution is 0.250. The minimum atomic E-state index is -0.0979. The second-order valence-electron chi connectivity index (χ2n) is 5.99. The maximum absolute atomic E-state index is 9.62. The van der Waals surface area contributed by atoms with Gasteiger partial charge in [0.2, 0.25) is 0 Å². The van der Waals surface area contributed by atoms with Gasteiger partial charge in [0.1, 0.15) is 0 Å². The van der Waals surface area contributed by atoms with Crippen LogP contribution in [0, 0.1) is 0 Å². The smallest absolute Gasteiger partial charge is 0.0702 e. The number of benzene rings is 2. The Morgan fingerprint density at radius 3 is 2.53 bits per heavy atom. The zero-order valence-corrected chi connectivity index (χ0v) is 19.1. The van der Waals surface area contributed by atoms with Crippen LogP contribution < -0.4 is 11.1 Å². The first-order chi connectivity index (χ1) is 14.7. The number of nitrogens with zero attached hydrogens (tertiary/aromatic N) is 1. The molecule has 1 atom stereocenters. The fourth-order valence-corrected chi connectivity index (χ4v) is 3.56. The van der Waals surface area contributed by atoms with Crippen LogP contribution in [0.3, 0.4) is 0 Å². The van der Waals surface area contributed by atoms with Gasteiger partial charge in [0.25, 0.3) is 0 Å². The van der Waals surface area contributed by atoms with Crippen LogP contribution in [0.5, 0.6) is 0 Å². The number of pyridine rings is 1. The molecule has 7 heteroatoms. The van der Waals surface area contributed by atoms with Crippen LogP contribution in [0.4, 0.5) is 0 Å². The molecule has 2 aromatic carbocycles. The number of nitrogens with two attached hydrogens (primary N) is 1. The van der Waals surface area contributed by atoms with E-state index in [1.54, 1.807) is 11.8 Å². The minimum absolute atomic E-state index is 0.0443. The molecule has 0 saturated heterocycles. The molecule has 5 nitrogen and oxygen atoms in total. The number of hydrogen-bond acceptors (Lipinski definition) is 6. The molecule has 5 N–H and O–H groups in total. The molecule has 162 valence electrons. The van der Waals surface area contributed by atoms with Gasteiger partial charge in [0, 0.05) is 29.6 Å². The number of hydrogen-bond donors (Lipinski definition) is 4. The number of allylic oxidation sites excluding steroid dienone is 1. The maximum atomic E-state index is 9.62. The van der Waals surface area contributed by atoms with E-state index >= 15 is 0 Å². The van der Waals surface area contributed by atoms with E-state index in [0.29, 0.717) is 10.9 Å². The van der Waals surface area contributed by atoms with Gasteiger partial charge in [0.05, 0.1) is 18.2 Å². The molecular weight excluding hydrogens is 418 g/mol. The zero-order valence-electron chi connectivity index (χ0n) is 17.5. The standard InChI is InChI=1S/C21H21ClN2OS.CH5N.CH4O/c1-15(11-16-4-9-20-18(12-16)3-2-10-23-20)26-14-24-21(13-25)17-5-7-19(22)8-6-17;2*1-2/h2-12,21,24-25H,13-14H2,1H3;2H2,1H3;2H,1H3/b15-11-;;. The van der Waals surface area contributed by atoms with Gasteiger partial charge in [-0.1, -0.05) is 35.9 Å². The molecule has 0 fully saturated rings. The Morgan fingerprint density at radius 2 is 1.87 bits per heavy atom. The average Bonchev–Trinajstić information content (AvgIpc) is 2.80. The highest BCUT2D eigenvalue weighted by Gasteiger charge is 2.09. The first kappa shape index (κ1) is 26.1. The SMILES string of the molecule is C/C(=C/c1ccc2ncccc2c1)SCNC(CO)c1ccc(Cl)cc1.CN.CO. The molecule has 3 rings (SSSR count). The van der Waals surface area contributed by atoms with Gasteiger partial charge in [-0.3, -0.25) is 10.3 Å². The summed E-state index contributed by atoms with van der Waals surface area (Å²) in [5.41, 5.74) is 7.69. The van der Waals surface area contributed by atoms with Crippen LogP contribution in [0.25, 0.3) is 17.0 Å². The number of rotatable bonds is 7. The second-order valence-corrected chi connectivity index (χ2v) is 7.65. The number of nitrogens with one attached hydrogen (secondary N) is 1. The summed E-state index contributed by atoms with van der Waals surface area (Å²) in [5.74, 6) is 0.714. The Kier molecular flexibility index (Phi) is 13.0. The van der Waals surface area contributed by atoms with Crippen LogP contribution in [0.1, 0.15) is 24.1 Å². The molecule has 3 aromatic rings. The molecule has 0 saturated carbocycles. The van der Waals surface area contributed by atoms with Crippen LogP contribution in [-0.2, 0) is 0 Å². The quantitative estimate of drug-likeness (QED) is 0.400. The molecule has 1 unspecified atom stereocenters. The largest absolute Gasteiger partial charge is 0.400 e. The molecule has 0 bridgehead atoms. The van der Waals surface area contributed by atoms with Crippen molar-refractivity contribution in [3.63, 3.8) is 0 Å². The van der Waals surface area contributed by atoms with Crippen molar-refractivity contribution in [3.8, 4) is 0 Å². The summed E-state index contributed by atoms with van der Waals surface area (Å²) >= 11 is 7.64. The molecular formula is C23H30ClN3O2S. The van der Waals surface area contributed by atoms with Crippen molar-refractivity contribution in [3.05, 3.63) is 81.8 Å². The predicted molar refractivity (Wildman–Crippen MR) is 131 cm³/mol. The van der Waals surface area contributed by atoms with Crippen molar-refractivity contribution < 1.29 is 10.2 Å². The number of fused-ring (bicyclic) bond motifs is 1. The van der Waals surface area contributed by atoms with Crippen LogP contribution in [0.15, 0.2) is 65.7 Å². The summed E-state index contributed by atoms with van der Waals surface area (Å²) in [6.45, 7) is 2.14. The number of aliphatic hydroxyl groups is 2. The third kappa shape index (κ3) is 8.44. The molecule has 0 radical (unpaired) electrons. The molecule has 0 aliphatic heterocycles. The van der Waals surface area contributed by atoms with E-state index in [1.807, 2.05) is 42.6 Å². The molecule has 0 amide bonds. The van der Waals surface area contributed by atoms with E-state index in [4.69, 9.17) is 16.7 Å².